The van der Waals surface area contributed by atoms with Gasteiger partial charge in [-0.05, 0) is 63.1 Å². The summed E-state index contributed by atoms with van der Waals surface area (Å²) in [7, 11) is 0. The molecule has 0 saturated heterocycles. The van der Waals surface area contributed by atoms with Gasteiger partial charge in [0, 0.05) is 16.3 Å². The van der Waals surface area contributed by atoms with E-state index in [1.807, 2.05) is 12.1 Å². The minimum absolute atomic E-state index is 0.910. The molecule has 0 aliphatic carbocycles. The number of hydrogen-bond acceptors (Lipinski definition) is 2. The first-order valence-electron chi connectivity index (χ1n) is 9.32. The molecule has 0 atom stereocenters. The summed E-state index contributed by atoms with van der Waals surface area (Å²) in [5.74, 6) is 0. The second-order valence-electron chi connectivity index (χ2n) is 7.62. The summed E-state index contributed by atoms with van der Waals surface area (Å²) in [5.41, 5.74) is 9.89. The van der Waals surface area contributed by atoms with Crippen molar-refractivity contribution in [1.29, 1.82) is 0 Å². The van der Waals surface area contributed by atoms with Crippen molar-refractivity contribution in [3.63, 3.8) is 0 Å². The summed E-state index contributed by atoms with van der Waals surface area (Å²) in [6.07, 6.45) is 0. The summed E-state index contributed by atoms with van der Waals surface area (Å²) >= 11 is 0. The molecular weight excluding hydrogens is 330 g/mol. The molecule has 0 spiro atoms. The Morgan fingerprint density at radius 3 is 2.22 bits per heavy atom. The van der Waals surface area contributed by atoms with Crippen molar-refractivity contribution in [2.24, 2.45) is 0 Å². The molecule has 0 N–H and O–H groups in total. The van der Waals surface area contributed by atoms with Gasteiger partial charge in [0.05, 0.1) is 16.6 Å². The molecule has 0 saturated carbocycles. The van der Waals surface area contributed by atoms with Gasteiger partial charge in [-0.1, -0.05) is 41.5 Å². The van der Waals surface area contributed by atoms with Crippen molar-refractivity contribution in [3.8, 4) is 11.3 Å². The van der Waals surface area contributed by atoms with Crippen molar-refractivity contribution in [1.82, 2.24) is 4.98 Å². The number of furan rings is 1. The third-order valence-electron chi connectivity index (χ3n) is 5.25. The molecule has 0 aliphatic rings. The summed E-state index contributed by atoms with van der Waals surface area (Å²) in [4.78, 5) is 5.14. The Labute approximate surface area is 158 Å². The zero-order chi connectivity index (χ0) is 18.7. The van der Waals surface area contributed by atoms with Crippen molar-refractivity contribution in [2.75, 3.05) is 0 Å². The monoisotopic (exact) mass is 351 g/mol. The second-order valence-corrected chi connectivity index (χ2v) is 7.62. The molecule has 2 aromatic heterocycles. The van der Waals surface area contributed by atoms with Gasteiger partial charge in [0.1, 0.15) is 11.2 Å². The Bertz CT molecular complexity index is 1340. The Kier molecular flexibility index (Phi) is 3.38. The summed E-state index contributed by atoms with van der Waals surface area (Å²) in [5, 5.41) is 3.34. The third kappa shape index (κ3) is 2.44. The molecule has 0 aliphatic heterocycles. The van der Waals surface area contributed by atoms with Crippen LogP contribution >= 0.6 is 0 Å². The fourth-order valence-corrected chi connectivity index (χ4v) is 4.28. The smallest absolute Gasteiger partial charge is 0.147 e. The van der Waals surface area contributed by atoms with E-state index in [4.69, 9.17) is 9.40 Å². The molecule has 0 fully saturated rings. The van der Waals surface area contributed by atoms with Gasteiger partial charge < -0.3 is 4.42 Å². The van der Waals surface area contributed by atoms with E-state index in [1.165, 1.54) is 22.3 Å². The number of hydrogen-bond donors (Lipinski definition) is 0. The van der Waals surface area contributed by atoms with Crippen LogP contribution < -0.4 is 0 Å². The normalized spacial score (nSPS) is 11.7. The Morgan fingerprint density at radius 2 is 1.44 bits per heavy atom. The molecule has 3 aromatic carbocycles. The van der Waals surface area contributed by atoms with E-state index in [0.717, 1.165) is 44.1 Å². The zero-order valence-electron chi connectivity index (χ0n) is 16.1. The lowest BCUT2D eigenvalue weighted by Crippen LogP contribution is -1.92. The van der Waals surface area contributed by atoms with Gasteiger partial charge in [-0.3, -0.25) is 0 Å². The Balaban J connectivity index is 2.05. The van der Waals surface area contributed by atoms with Gasteiger partial charge in [0.25, 0.3) is 0 Å². The van der Waals surface area contributed by atoms with Crippen LogP contribution in [0.1, 0.15) is 22.3 Å². The first-order chi connectivity index (χ1) is 13.0. The first kappa shape index (κ1) is 16.1. The van der Waals surface area contributed by atoms with Crippen molar-refractivity contribution >= 4 is 32.8 Å². The highest BCUT2D eigenvalue weighted by atomic mass is 16.3. The number of aryl methyl sites for hydroxylation is 4. The van der Waals surface area contributed by atoms with Gasteiger partial charge >= 0.3 is 0 Å². The van der Waals surface area contributed by atoms with Gasteiger partial charge in [0.15, 0.2) is 0 Å². The van der Waals surface area contributed by atoms with Crippen LogP contribution in [0, 0.1) is 27.7 Å². The standard InChI is InChI=1S/C25H21NO/c1-14-9-15(2)12-18(11-14)24-23-19-7-5-6-8-21(19)27-25(23)22-17(4)10-16(3)13-20(22)26-24/h5-13H,1-4H3. The molecule has 5 aromatic rings. The van der Waals surface area contributed by atoms with Crippen LogP contribution in [0.25, 0.3) is 44.1 Å². The molecule has 2 heteroatoms. The van der Waals surface area contributed by atoms with Gasteiger partial charge in [-0.15, -0.1) is 0 Å². The van der Waals surface area contributed by atoms with Crippen LogP contribution in [0.15, 0.2) is 59.0 Å². The topological polar surface area (TPSA) is 26.0 Å². The number of aromatic nitrogens is 1. The molecular formula is C25H21NO. The lowest BCUT2D eigenvalue weighted by Gasteiger charge is -2.10. The summed E-state index contributed by atoms with van der Waals surface area (Å²) < 4.78 is 6.37. The summed E-state index contributed by atoms with van der Waals surface area (Å²) in [6.45, 7) is 8.53. The van der Waals surface area contributed by atoms with E-state index in [1.54, 1.807) is 0 Å². The van der Waals surface area contributed by atoms with E-state index in [0.29, 0.717) is 0 Å². The number of nitrogens with zero attached hydrogens (tertiary/aromatic N) is 1. The van der Waals surface area contributed by atoms with Crippen LogP contribution in [0.3, 0.4) is 0 Å². The number of para-hydroxylation sites is 1. The van der Waals surface area contributed by atoms with Crippen LogP contribution in [-0.2, 0) is 0 Å². The lowest BCUT2D eigenvalue weighted by atomic mass is 9.97. The molecule has 132 valence electrons. The molecule has 0 radical (unpaired) electrons. The van der Waals surface area contributed by atoms with E-state index in [2.05, 4.69) is 70.2 Å². The highest BCUT2D eigenvalue weighted by molar-refractivity contribution is 6.19. The van der Waals surface area contributed by atoms with E-state index in [9.17, 15) is 0 Å². The molecule has 0 unspecified atom stereocenters. The molecule has 2 nitrogen and oxygen atoms in total. The van der Waals surface area contributed by atoms with Gasteiger partial charge in [0.2, 0.25) is 0 Å². The van der Waals surface area contributed by atoms with E-state index < -0.39 is 0 Å². The highest BCUT2D eigenvalue weighted by Gasteiger charge is 2.19. The Hall–Kier alpha value is -3.13. The molecule has 0 amide bonds. The zero-order valence-corrected chi connectivity index (χ0v) is 16.1. The Morgan fingerprint density at radius 1 is 0.741 bits per heavy atom. The minimum atomic E-state index is 0.910. The minimum Gasteiger partial charge on any atom is -0.455 e. The van der Waals surface area contributed by atoms with Crippen LogP contribution in [0.2, 0.25) is 0 Å². The predicted molar refractivity (Wildman–Crippen MR) is 113 cm³/mol. The quantitative estimate of drug-likeness (QED) is 0.324. The second kappa shape index (κ2) is 5.68. The fourth-order valence-electron chi connectivity index (χ4n) is 4.28. The van der Waals surface area contributed by atoms with Crippen molar-refractivity contribution in [3.05, 3.63) is 76.9 Å². The fraction of sp³-hybridized carbons (Fsp3) is 0.160. The van der Waals surface area contributed by atoms with E-state index >= 15 is 0 Å². The number of fused-ring (bicyclic) bond motifs is 5. The van der Waals surface area contributed by atoms with Gasteiger partial charge in [-0.2, -0.15) is 0 Å². The summed E-state index contributed by atoms with van der Waals surface area (Å²) in [6, 6.07) is 19.2. The number of rotatable bonds is 1. The molecule has 2 heterocycles. The van der Waals surface area contributed by atoms with Crippen LogP contribution in [-0.4, -0.2) is 4.98 Å². The van der Waals surface area contributed by atoms with Gasteiger partial charge in [-0.25, -0.2) is 4.98 Å². The molecule has 27 heavy (non-hydrogen) atoms. The third-order valence-corrected chi connectivity index (χ3v) is 5.25. The molecule has 5 rings (SSSR count). The SMILES string of the molecule is Cc1cc(C)cc(-c2nc3cc(C)cc(C)c3c3oc4ccccc4c23)c1. The van der Waals surface area contributed by atoms with Crippen molar-refractivity contribution < 1.29 is 4.42 Å². The maximum atomic E-state index is 6.37. The van der Waals surface area contributed by atoms with Crippen molar-refractivity contribution in [2.45, 2.75) is 27.7 Å². The first-order valence-corrected chi connectivity index (χ1v) is 9.32. The van der Waals surface area contributed by atoms with Crippen LogP contribution in [0.4, 0.5) is 0 Å². The van der Waals surface area contributed by atoms with E-state index in [-0.39, 0.29) is 0 Å². The maximum Gasteiger partial charge on any atom is 0.147 e. The predicted octanol–water partition coefficient (Wildman–Crippen LogP) is 7.03. The van der Waals surface area contributed by atoms with Crippen LogP contribution in [0.5, 0.6) is 0 Å². The number of pyridine rings is 1. The number of benzene rings is 3. The molecule has 0 bridgehead atoms. The largest absolute Gasteiger partial charge is 0.455 e. The average molecular weight is 351 g/mol. The highest BCUT2D eigenvalue weighted by Crippen LogP contribution is 2.40. The maximum absolute atomic E-state index is 6.37. The average Bonchev–Trinajstić information content (AvgIpc) is 2.98. The lowest BCUT2D eigenvalue weighted by molar-refractivity contribution is 0.672.